The van der Waals surface area contributed by atoms with Crippen LogP contribution in [-0.4, -0.2) is 47.6 Å². The minimum Gasteiger partial charge on any atom is -0.384 e. The lowest BCUT2D eigenvalue weighted by Gasteiger charge is -2.27. The molecule has 3 nitrogen and oxygen atoms in total. The number of hydrogen-bond acceptors (Lipinski definition) is 3. The molecule has 0 aliphatic carbocycles. The molecule has 0 fully saturated rings. The van der Waals surface area contributed by atoms with Crippen molar-refractivity contribution in [3.8, 4) is 11.8 Å². The van der Waals surface area contributed by atoms with Crippen molar-refractivity contribution in [3.05, 3.63) is 34.9 Å². The summed E-state index contributed by atoms with van der Waals surface area (Å²) < 4.78 is 0. The summed E-state index contributed by atoms with van der Waals surface area (Å²) in [4.78, 5) is 14.5. The van der Waals surface area contributed by atoms with Crippen molar-refractivity contribution < 1.29 is 9.90 Å². The van der Waals surface area contributed by atoms with Crippen molar-refractivity contribution in [2.75, 3.05) is 25.7 Å². The van der Waals surface area contributed by atoms with Crippen molar-refractivity contribution in [2.24, 2.45) is 0 Å². The molecule has 1 aromatic rings. The number of carbonyl (C=O) groups is 1. The highest BCUT2D eigenvalue weighted by atomic mass is 32.2. The van der Waals surface area contributed by atoms with E-state index in [4.69, 9.17) is 5.11 Å². The zero-order valence-corrected chi connectivity index (χ0v) is 14.0. The molecule has 0 aliphatic rings. The summed E-state index contributed by atoms with van der Waals surface area (Å²) in [6.07, 6.45) is 2.97. The van der Waals surface area contributed by atoms with Gasteiger partial charge in [0.05, 0.1) is 5.56 Å². The highest BCUT2D eigenvalue weighted by Crippen LogP contribution is 2.17. The van der Waals surface area contributed by atoms with E-state index in [1.54, 1.807) is 16.7 Å². The standard InChI is InChI=1S/C17H23NO2S/c1-5-15(12-21-4)18(3)17(20)16-11-13(2)8-9-14(16)7-6-10-19/h8-9,11,15,19H,5,10,12H2,1-4H3. The molecule has 0 spiro atoms. The van der Waals surface area contributed by atoms with Crippen LogP contribution in [0.15, 0.2) is 18.2 Å². The Hall–Kier alpha value is -1.44. The number of aryl methyl sites for hydroxylation is 1. The van der Waals surface area contributed by atoms with E-state index in [0.717, 1.165) is 17.7 Å². The first-order chi connectivity index (χ1) is 10.0. The van der Waals surface area contributed by atoms with E-state index < -0.39 is 0 Å². The predicted octanol–water partition coefficient (Wildman–Crippen LogP) is 2.55. The maximum Gasteiger partial charge on any atom is 0.255 e. The van der Waals surface area contributed by atoms with E-state index in [9.17, 15) is 4.79 Å². The molecule has 0 bridgehead atoms. The van der Waals surface area contributed by atoms with Crippen molar-refractivity contribution in [3.63, 3.8) is 0 Å². The van der Waals surface area contributed by atoms with Crippen LogP contribution in [0.3, 0.4) is 0 Å². The first kappa shape index (κ1) is 17.6. The monoisotopic (exact) mass is 305 g/mol. The highest BCUT2D eigenvalue weighted by molar-refractivity contribution is 7.98. The molecule has 4 heteroatoms. The molecule has 1 aromatic carbocycles. The average Bonchev–Trinajstić information content (AvgIpc) is 2.49. The third-order valence-corrected chi connectivity index (χ3v) is 4.12. The van der Waals surface area contributed by atoms with Crippen LogP contribution in [-0.2, 0) is 0 Å². The van der Waals surface area contributed by atoms with Gasteiger partial charge in [-0.3, -0.25) is 4.79 Å². The molecule has 0 radical (unpaired) electrons. The molecular weight excluding hydrogens is 282 g/mol. The molecule has 1 atom stereocenters. The van der Waals surface area contributed by atoms with Crippen LogP contribution >= 0.6 is 11.8 Å². The molecule has 0 saturated heterocycles. The van der Waals surface area contributed by atoms with Gasteiger partial charge in [0, 0.05) is 24.4 Å². The van der Waals surface area contributed by atoms with Crippen molar-refractivity contribution >= 4 is 17.7 Å². The first-order valence-electron chi connectivity index (χ1n) is 7.01. The summed E-state index contributed by atoms with van der Waals surface area (Å²) >= 11 is 1.74. The Balaban J connectivity index is 3.13. The van der Waals surface area contributed by atoms with Crippen LogP contribution in [0.1, 0.15) is 34.8 Å². The number of aliphatic hydroxyl groups excluding tert-OH is 1. The van der Waals surface area contributed by atoms with Crippen LogP contribution in [0, 0.1) is 18.8 Å². The first-order valence-corrected chi connectivity index (χ1v) is 8.41. The fourth-order valence-electron chi connectivity index (χ4n) is 2.13. The maximum absolute atomic E-state index is 12.7. The lowest BCUT2D eigenvalue weighted by molar-refractivity contribution is 0.0743. The van der Waals surface area contributed by atoms with Gasteiger partial charge >= 0.3 is 0 Å². The zero-order valence-electron chi connectivity index (χ0n) is 13.1. The van der Waals surface area contributed by atoms with Gasteiger partial charge in [-0.1, -0.05) is 30.4 Å². The van der Waals surface area contributed by atoms with Crippen LogP contribution in [0.5, 0.6) is 0 Å². The smallest absolute Gasteiger partial charge is 0.255 e. The highest BCUT2D eigenvalue weighted by Gasteiger charge is 2.21. The number of benzene rings is 1. The topological polar surface area (TPSA) is 40.5 Å². The molecule has 0 saturated carbocycles. The van der Waals surface area contributed by atoms with Crippen molar-refractivity contribution in [2.45, 2.75) is 26.3 Å². The minimum absolute atomic E-state index is 0.0122. The van der Waals surface area contributed by atoms with E-state index in [-0.39, 0.29) is 18.6 Å². The molecule has 1 amide bonds. The molecule has 1 unspecified atom stereocenters. The Morgan fingerprint density at radius 2 is 2.19 bits per heavy atom. The van der Waals surface area contributed by atoms with Gasteiger partial charge in [0.25, 0.3) is 5.91 Å². The van der Waals surface area contributed by atoms with Crippen molar-refractivity contribution in [1.29, 1.82) is 0 Å². The van der Waals surface area contributed by atoms with Gasteiger partial charge in [-0.05, 0) is 31.7 Å². The summed E-state index contributed by atoms with van der Waals surface area (Å²) in [6.45, 7) is 3.84. The largest absolute Gasteiger partial charge is 0.384 e. The van der Waals surface area contributed by atoms with Crippen molar-refractivity contribution in [1.82, 2.24) is 4.90 Å². The molecule has 0 aliphatic heterocycles. The van der Waals surface area contributed by atoms with Crippen LogP contribution in [0.25, 0.3) is 0 Å². The number of rotatable bonds is 5. The Labute approximate surface area is 131 Å². The summed E-state index contributed by atoms with van der Waals surface area (Å²) in [5.41, 5.74) is 2.31. The molecule has 0 heterocycles. The SMILES string of the molecule is CCC(CSC)N(C)C(=O)c1cc(C)ccc1C#CCO. The molecular formula is C17H23NO2S. The normalized spacial score (nSPS) is 11.5. The predicted molar refractivity (Wildman–Crippen MR) is 89.7 cm³/mol. The van der Waals surface area contributed by atoms with Crippen LogP contribution in [0.2, 0.25) is 0 Å². The summed E-state index contributed by atoms with van der Waals surface area (Å²) in [7, 11) is 1.85. The molecule has 1 N–H and O–H groups in total. The Kier molecular flexibility index (Phi) is 7.35. The third kappa shape index (κ3) is 4.80. The Bertz CT molecular complexity index is 545. The van der Waals surface area contributed by atoms with Gasteiger partial charge in [-0.15, -0.1) is 0 Å². The molecule has 21 heavy (non-hydrogen) atoms. The zero-order chi connectivity index (χ0) is 15.8. The van der Waals surface area contributed by atoms with Crippen LogP contribution in [0.4, 0.5) is 0 Å². The number of hydrogen-bond donors (Lipinski definition) is 1. The lowest BCUT2D eigenvalue weighted by atomic mass is 10.0. The molecule has 0 aromatic heterocycles. The summed E-state index contributed by atoms with van der Waals surface area (Å²) in [5.74, 6) is 6.39. The molecule has 114 valence electrons. The second-order valence-corrected chi connectivity index (χ2v) is 5.85. The van der Waals surface area contributed by atoms with E-state index in [2.05, 4.69) is 18.8 Å². The van der Waals surface area contributed by atoms with Gasteiger partial charge in [0.2, 0.25) is 0 Å². The van der Waals surface area contributed by atoms with Gasteiger partial charge in [-0.2, -0.15) is 11.8 Å². The van der Waals surface area contributed by atoms with Crippen LogP contribution < -0.4 is 0 Å². The average molecular weight is 305 g/mol. The van der Waals surface area contributed by atoms with Gasteiger partial charge in [0.1, 0.15) is 6.61 Å². The second kappa shape index (κ2) is 8.76. The number of aliphatic hydroxyl groups is 1. The number of carbonyl (C=O) groups excluding carboxylic acids is 1. The van der Waals surface area contributed by atoms with Gasteiger partial charge < -0.3 is 10.0 Å². The number of amides is 1. The van der Waals surface area contributed by atoms with E-state index in [0.29, 0.717) is 11.1 Å². The lowest BCUT2D eigenvalue weighted by Crippen LogP contribution is -2.38. The molecule has 1 rings (SSSR count). The Morgan fingerprint density at radius 1 is 1.48 bits per heavy atom. The second-order valence-electron chi connectivity index (χ2n) is 4.94. The van der Waals surface area contributed by atoms with Gasteiger partial charge in [0.15, 0.2) is 0 Å². The summed E-state index contributed by atoms with van der Waals surface area (Å²) in [5, 5.41) is 8.85. The third-order valence-electron chi connectivity index (χ3n) is 3.41. The fourth-order valence-corrected chi connectivity index (χ4v) is 2.97. The van der Waals surface area contributed by atoms with E-state index in [1.807, 2.05) is 38.4 Å². The number of nitrogens with zero attached hydrogens (tertiary/aromatic N) is 1. The van der Waals surface area contributed by atoms with E-state index in [1.165, 1.54) is 0 Å². The van der Waals surface area contributed by atoms with E-state index >= 15 is 0 Å². The fraction of sp³-hybridized carbons (Fsp3) is 0.471. The quantitative estimate of drug-likeness (QED) is 0.850. The number of thioether (sulfide) groups is 1. The minimum atomic E-state index is -0.207. The maximum atomic E-state index is 12.7. The Morgan fingerprint density at radius 3 is 2.76 bits per heavy atom. The van der Waals surface area contributed by atoms with Gasteiger partial charge in [-0.25, -0.2) is 0 Å². The summed E-state index contributed by atoms with van der Waals surface area (Å²) in [6, 6.07) is 5.85.